The smallest absolute Gasteiger partial charge is 0.180 e. The maximum atomic E-state index is 5.65. The molecule has 0 spiro atoms. The van der Waals surface area contributed by atoms with Gasteiger partial charge in [0.2, 0.25) is 0 Å². The van der Waals surface area contributed by atoms with Gasteiger partial charge in [-0.15, -0.1) is 0 Å². The average Bonchev–Trinajstić information content (AvgIpc) is 2.39. The van der Waals surface area contributed by atoms with Crippen LogP contribution in [-0.2, 0) is 0 Å². The molecule has 5 heteroatoms. The fourth-order valence-corrected chi connectivity index (χ4v) is 1.88. The van der Waals surface area contributed by atoms with E-state index >= 15 is 0 Å². The molecule has 3 N–H and O–H groups in total. The standard InChI is InChI=1S/C13H19N5/c1-3-13(2,6-7-14)18-11-5-4-10-12(17-11)16-9-8-15-10/h4-5,8-9H,3,6-7,14H2,1-2H3,(H,16,17,18). The number of fused-ring (bicyclic) bond motifs is 1. The molecule has 0 saturated heterocycles. The molecule has 96 valence electrons. The molecule has 1 atom stereocenters. The molecule has 0 amide bonds. The Hall–Kier alpha value is -1.75. The van der Waals surface area contributed by atoms with Crippen LogP contribution >= 0.6 is 0 Å². The minimum absolute atomic E-state index is 0.0301. The van der Waals surface area contributed by atoms with Gasteiger partial charge in [-0.3, -0.25) is 4.98 Å². The Kier molecular flexibility index (Phi) is 3.72. The summed E-state index contributed by atoms with van der Waals surface area (Å²) in [6.45, 7) is 4.96. The van der Waals surface area contributed by atoms with Gasteiger partial charge in [0.25, 0.3) is 0 Å². The Balaban J connectivity index is 2.26. The maximum absolute atomic E-state index is 5.65. The van der Waals surface area contributed by atoms with Crippen molar-refractivity contribution in [2.45, 2.75) is 32.2 Å². The van der Waals surface area contributed by atoms with Crippen molar-refractivity contribution in [3.63, 3.8) is 0 Å². The third kappa shape index (κ3) is 2.73. The highest BCUT2D eigenvalue weighted by Crippen LogP contribution is 2.21. The molecule has 2 aromatic rings. The number of rotatable bonds is 5. The summed E-state index contributed by atoms with van der Waals surface area (Å²) in [5.74, 6) is 0.820. The van der Waals surface area contributed by atoms with Crippen molar-refractivity contribution in [1.29, 1.82) is 0 Å². The lowest BCUT2D eigenvalue weighted by molar-refractivity contribution is 0.462. The highest BCUT2D eigenvalue weighted by molar-refractivity contribution is 5.71. The third-order valence-corrected chi connectivity index (χ3v) is 3.24. The number of hydrogen-bond acceptors (Lipinski definition) is 5. The van der Waals surface area contributed by atoms with Crippen molar-refractivity contribution >= 4 is 17.0 Å². The monoisotopic (exact) mass is 245 g/mol. The van der Waals surface area contributed by atoms with Crippen LogP contribution < -0.4 is 11.1 Å². The fourth-order valence-electron chi connectivity index (χ4n) is 1.88. The molecule has 1 unspecified atom stereocenters. The Morgan fingerprint density at radius 3 is 2.78 bits per heavy atom. The zero-order chi connectivity index (χ0) is 13.0. The van der Waals surface area contributed by atoms with E-state index < -0.39 is 0 Å². The molecule has 18 heavy (non-hydrogen) atoms. The molecular weight excluding hydrogens is 226 g/mol. The number of nitrogens with two attached hydrogens (primary N) is 1. The van der Waals surface area contributed by atoms with Crippen molar-refractivity contribution in [2.75, 3.05) is 11.9 Å². The summed E-state index contributed by atoms with van der Waals surface area (Å²) in [5, 5.41) is 3.44. The Morgan fingerprint density at radius 2 is 2.06 bits per heavy atom. The summed E-state index contributed by atoms with van der Waals surface area (Å²) < 4.78 is 0. The van der Waals surface area contributed by atoms with Crippen molar-refractivity contribution in [3.8, 4) is 0 Å². The van der Waals surface area contributed by atoms with Crippen molar-refractivity contribution in [2.24, 2.45) is 5.73 Å². The molecule has 2 heterocycles. The predicted molar refractivity (Wildman–Crippen MR) is 73.3 cm³/mol. The van der Waals surface area contributed by atoms with E-state index in [1.807, 2.05) is 12.1 Å². The highest BCUT2D eigenvalue weighted by atomic mass is 15.1. The second-order valence-corrected chi connectivity index (χ2v) is 4.67. The third-order valence-electron chi connectivity index (χ3n) is 3.24. The average molecular weight is 245 g/mol. The summed E-state index contributed by atoms with van der Waals surface area (Å²) in [6, 6.07) is 3.86. The van der Waals surface area contributed by atoms with E-state index in [1.165, 1.54) is 0 Å². The van der Waals surface area contributed by atoms with Crippen molar-refractivity contribution in [1.82, 2.24) is 15.0 Å². The molecule has 2 aromatic heterocycles. The van der Waals surface area contributed by atoms with Gasteiger partial charge in [0.1, 0.15) is 11.3 Å². The van der Waals surface area contributed by atoms with Crippen LogP contribution in [0.4, 0.5) is 5.82 Å². The highest BCUT2D eigenvalue weighted by Gasteiger charge is 2.21. The topological polar surface area (TPSA) is 76.7 Å². The van der Waals surface area contributed by atoms with Gasteiger partial charge in [-0.25, -0.2) is 9.97 Å². The van der Waals surface area contributed by atoms with Crippen molar-refractivity contribution < 1.29 is 0 Å². The molecule has 0 saturated carbocycles. The lowest BCUT2D eigenvalue weighted by Gasteiger charge is -2.29. The molecule has 0 aromatic carbocycles. The van der Waals surface area contributed by atoms with Crippen LogP contribution in [0.25, 0.3) is 11.2 Å². The minimum Gasteiger partial charge on any atom is -0.365 e. The van der Waals surface area contributed by atoms with E-state index in [9.17, 15) is 0 Å². The molecule has 0 bridgehead atoms. The van der Waals surface area contributed by atoms with Crippen LogP contribution in [0.15, 0.2) is 24.5 Å². The lowest BCUT2D eigenvalue weighted by Crippen LogP contribution is -2.36. The summed E-state index contributed by atoms with van der Waals surface area (Å²) in [7, 11) is 0. The van der Waals surface area contributed by atoms with E-state index in [4.69, 9.17) is 5.73 Å². The van der Waals surface area contributed by atoms with Gasteiger partial charge in [-0.1, -0.05) is 6.92 Å². The van der Waals surface area contributed by atoms with Gasteiger partial charge in [0, 0.05) is 17.9 Å². The summed E-state index contributed by atoms with van der Waals surface area (Å²) in [5.41, 5.74) is 7.09. The number of pyridine rings is 1. The summed E-state index contributed by atoms with van der Waals surface area (Å²) >= 11 is 0. The van der Waals surface area contributed by atoms with Crippen molar-refractivity contribution in [3.05, 3.63) is 24.5 Å². The zero-order valence-corrected chi connectivity index (χ0v) is 10.8. The molecule has 0 aliphatic rings. The van der Waals surface area contributed by atoms with Gasteiger partial charge in [0.15, 0.2) is 5.65 Å². The number of aromatic nitrogens is 3. The first-order chi connectivity index (χ1) is 8.67. The van der Waals surface area contributed by atoms with E-state index in [2.05, 4.69) is 34.1 Å². The van der Waals surface area contributed by atoms with E-state index in [0.717, 1.165) is 24.2 Å². The second-order valence-electron chi connectivity index (χ2n) is 4.67. The lowest BCUT2D eigenvalue weighted by atomic mass is 9.94. The Morgan fingerprint density at radius 1 is 1.28 bits per heavy atom. The molecule has 5 nitrogen and oxygen atoms in total. The Labute approximate surface area is 107 Å². The van der Waals surface area contributed by atoms with Crippen LogP contribution in [0, 0.1) is 0 Å². The Bertz CT molecular complexity index is 528. The number of anilines is 1. The molecular formula is C13H19N5. The van der Waals surface area contributed by atoms with Gasteiger partial charge < -0.3 is 11.1 Å². The summed E-state index contributed by atoms with van der Waals surface area (Å²) in [6.07, 6.45) is 5.22. The summed E-state index contributed by atoms with van der Waals surface area (Å²) in [4.78, 5) is 12.9. The van der Waals surface area contributed by atoms with Crippen LogP contribution in [0.1, 0.15) is 26.7 Å². The largest absolute Gasteiger partial charge is 0.365 e. The number of nitrogens with zero attached hydrogens (tertiary/aromatic N) is 3. The van der Waals surface area contributed by atoms with Gasteiger partial charge >= 0.3 is 0 Å². The molecule has 0 aliphatic heterocycles. The molecule has 0 fully saturated rings. The SMILES string of the molecule is CCC(C)(CCN)Nc1ccc2nccnc2n1. The quantitative estimate of drug-likeness (QED) is 0.842. The first kappa shape index (κ1) is 12.7. The predicted octanol–water partition coefficient (Wildman–Crippen LogP) is 1.95. The number of nitrogens with one attached hydrogen (secondary N) is 1. The second kappa shape index (κ2) is 5.27. The first-order valence-electron chi connectivity index (χ1n) is 6.23. The van der Waals surface area contributed by atoms with E-state index in [0.29, 0.717) is 12.2 Å². The normalized spacial score (nSPS) is 14.4. The zero-order valence-electron chi connectivity index (χ0n) is 10.8. The minimum atomic E-state index is -0.0301. The number of hydrogen-bond donors (Lipinski definition) is 2. The van der Waals surface area contributed by atoms with Crippen LogP contribution in [-0.4, -0.2) is 27.0 Å². The molecule has 0 radical (unpaired) electrons. The van der Waals surface area contributed by atoms with Gasteiger partial charge in [-0.05, 0) is 38.4 Å². The maximum Gasteiger partial charge on any atom is 0.180 e. The van der Waals surface area contributed by atoms with E-state index in [-0.39, 0.29) is 5.54 Å². The van der Waals surface area contributed by atoms with E-state index in [1.54, 1.807) is 12.4 Å². The van der Waals surface area contributed by atoms with Crippen LogP contribution in [0.3, 0.4) is 0 Å². The van der Waals surface area contributed by atoms with Gasteiger partial charge in [-0.2, -0.15) is 0 Å². The van der Waals surface area contributed by atoms with Gasteiger partial charge in [0.05, 0.1) is 0 Å². The molecule has 2 rings (SSSR count). The fraction of sp³-hybridized carbons (Fsp3) is 0.462. The van der Waals surface area contributed by atoms with Crippen LogP contribution in [0.2, 0.25) is 0 Å². The first-order valence-corrected chi connectivity index (χ1v) is 6.23. The molecule has 0 aliphatic carbocycles. The van der Waals surface area contributed by atoms with Crippen LogP contribution in [0.5, 0.6) is 0 Å².